The van der Waals surface area contributed by atoms with Gasteiger partial charge >= 0.3 is 0 Å². The van der Waals surface area contributed by atoms with Crippen LogP contribution in [-0.2, 0) is 0 Å². The number of anilines is 1. The molecule has 1 aromatic carbocycles. The highest BCUT2D eigenvalue weighted by atomic mass is 79.9. The standard InChI is InChI=1S/C12H17BrN2O2/c1-12(2,5-6-16)15-11(17)9-7-8(13)3-4-10(9)14/h3-4,7,16H,5-6,14H2,1-2H3,(H,15,17). The molecule has 0 aliphatic rings. The van der Waals surface area contributed by atoms with Crippen LogP contribution in [0.15, 0.2) is 22.7 Å². The highest BCUT2D eigenvalue weighted by molar-refractivity contribution is 9.10. The maximum absolute atomic E-state index is 12.0. The van der Waals surface area contributed by atoms with Crippen molar-refractivity contribution in [1.82, 2.24) is 5.32 Å². The molecule has 0 spiro atoms. The Labute approximate surface area is 109 Å². The summed E-state index contributed by atoms with van der Waals surface area (Å²) in [6.07, 6.45) is 0.493. The van der Waals surface area contributed by atoms with Crippen LogP contribution in [0.2, 0.25) is 0 Å². The van der Waals surface area contributed by atoms with Gasteiger partial charge in [-0.1, -0.05) is 15.9 Å². The Bertz CT molecular complexity index is 419. The third kappa shape index (κ3) is 4.02. The van der Waals surface area contributed by atoms with Crippen molar-refractivity contribution in [1.29, 1.82) is 0 Å². The van der Waals surface area contributed by atoms with Crippen LogP contribution in [0, 0.1) is 0 Å². The number of aliphatic hydroxyl groups excluding tert-OH is 1. The van der Waals surface area contributed by atoms with Gasteiger partial charge in [0.1, 0.15) is 0 Å². The molecule has 0 saturated heterocycles. The van der Waals surface area contributed by atoms with E-state index in [1.54, 1.807) is 18.2 Å². The van der Waals surface area contributed by atoms with Crippen molar-refractivity contribution in [2.75, 3.05) is 12.3 Å². The van der Waals surface area contributed by atoms with Crippen LogP contribution in [-0.4, -0.2) is 23.2 Å². The third-order valence-electron chi connectivity index (χ3n) is 2.45. The summed E-state index contributed by atoms with van der Waals surface area (Å²) in [4.78, 5) is 12.0. The quantitative estimate of drug-likeness (QED) is 0.744. The number of halogens is 1. The SMILES string of the molecule is CC(C)(CCO)NC(=O)c1cc(Br)ccc1N. The van der Waals surface area contributed by atoms with Crippen LogP contribution in [0.1, 0.15) is 30.6 Å². The normalized spacial score (nSPS) is 11.3. The molecule has 5 heteroatoms. The fourth-order valence-corrected chi connectivity index (χ4v) is 1.80. The van der Waals surface area contributed by atoms with Crippen molar-refractivity contribution in [2.24, 2.45) is 0 Å². The van der Waals surface area contributed by atoms with Crippen LogP contribution in [0.3, 0.4) is 0 Å². The second kappa shape index (κ2) is 5.51. The van der Waals surface area contributed by atoms with E-state index in [-0.39, 0.29) is 12.5 Å². The topological polar surface area (TPSA) is 75.3 Å². The summed E-state index contributed by atoms with van der Waals surface area (Å²) in [5.74, 6) is -0.234. The van der Waals surface area contributed by atoms with Crippen LogP contribution >= 0.6 is 15.9 Å². The van der Waals surface area contributed by atoms with Crippen LogP contribution < -0.4 is 11.1 Å². The zero-order valence-corrected chi connectivity index (χ0v) is 11.5. The molecule has 0 saturated carbocycles. The van der Waals surface area contributed by atoms with Gasteiger partial charge in [-0.2, -0.15) is 0 Å². The van der Waals surface area contributed by atoms with E-state index in [1.165, 1.54) is 0 Å². The van der Waals surface area contributed by atoms with Gasteiger partial charge in [0.25, 0.3) is 5.91 Å². The van der Waals surface area contributed by atoms with Crippen LogP contribution in [0.25, 0.3) is 0 Å². The Kier molecular flexibility index (Phi) is 4.54. The Morgan fingerprint density at radius 3 is 2.76 bits per heavy atom. The molecule has 17 heavy (non-hydrogen) atoms. The number of rotatable bonds is 4. The minimum Gasteiger partial charge on any atom is -0.398 e. The maximum Gasteiger partial charge on any atom is 0.253 e. The first-order valence-electron chi connectivity index (χ1n) is 5.34. The van der Waals surface area contributed by atoms with Crippen molar-refractivity contribution in [3.8, 4) is 0 Å². The van der Waals surface area contributed by atoms with E-state index in [2.05, 4.69) is 21.2 Å². The third-order valence-corrected chi connectivity index (χ3v) is 2.94. The van der Waals surface area contributed by atoms with Gasteiger partial charge in [-0.25, -0.2) is 0 Å². The molecule has 0 aliphatic carbocycles. The summed E-state index contributed by atoms with van der Waals surface area (Å²) in [6, 6.07) is 5.14. The molecule has 0 aliphatic heterocycles. The number of nitrogens with one attached hydrogen (secondary N) is 1. The number of aliphatic hydroxyl groups is 1. The molecule has 94 valence electrons. The average molecular weight is 301 g/mol. The fourth-order valence-electron chi connectivity index (χ4n) is 1.44. The van der Waals surface area contributed by atoms with E-state index in [1.807, 2.05) is 13.8 Å². The first kappa shape index (κ1) is 14.0. The van der Waals surface area contributed by atoms with Crippen molar-refractivity contribution >= 4 is 27.5 Å². The maximum atomic E-state index is 12.0. The van der Waals surface area contributed by atoms with Crippen molar-refractivity contribution in [2.45, 2.75) is 25.8 Å². The predicted molar refractivity (Wildman–Crippen MR) is 71.8 cm³/mol. The average Bonchev–Trinajstić information content (AvgIpc) is 2.20. The van der Waals surface area contributed by atoms with Gasteiger partial charge in [0.05, 0.1) is 5.56 Å². The van der Waals surface area contributed by atoms with Gasteiger partial charge < -0.3 is 16.2 Å². The molecule has 0 atom stereocenters. The van der Waals surface area contributed by atoms with E-state index >= 15 is 0 Å². The molecular weight excluding hydrogens is 284 g/mol. The highest BCUT2D eigenvalue weighted by Crippen LogP contribution is 2.19. The fraction of sp³-hybridized carbons (Fsp3) is 0.417. The summed E-state index contributed by atoms with van der Waals surface area (Å²) in [7, 11) is 0. The number of benzene rings is 1. The lowest BCUT2D eigenvalue weighted by Gasteiger charge is -2.25. The first-order valence-corrected chi connectivity index (χ1v) is 6.13. The van der Waals surface area contributed by atoms with Crippen molar-refractivity contribution < 1.29 is 9.90 Å². The second-order valence-electron chi connectivity index (χ2n) is 4.54. The molecule has 1 aromatic rings. The lowest BCUT2D eigenvalue weighted by Crippen LogP contribution is -2.44. The summed E-state index contributed by atoms with van der Waals surface area (Å²) in [6.45, 7) is 3.74. The van der Waals surface area contributed by atoms with Gasteiger partial charge in [-0.05, 0) is 38.5 Å². The van der Waals surface area contributed by atoms with E-state index in [0.717, 1.165) is 4.47 Å². The smallest absolute Gasteiger partial charge is 0.253 e. The van der Waals surface area contributed by atoms with E-state index in [0.29, 0.717) is 17.7 Å². The lowest BCUT2D eigenvalue weighted by atomic mass is 10.0. The molecule has 1 amide bonds. The summed E-state index contributed by atoms with van der Waals surface area (Å²) in [5.41, 5.74) is 6.17. The van der Waals surface area contributed by atoms with Crippen molar-refractivity contribution in [3.63, 3.8) is 0 Å². The van der Waals surface area contributed by atoms with Crippen LogP contribution in [0.5, 0.6) is 0 Å². The van der Waals surface area contributed by atoms with Gasteiger partial charge in [0, 0.05) is 22.3 Å². The largest absolute Gasteiger partial charge is 0.398 e. The van der Waals surface area contributed by atoms with Crippen LogP contribution in [0.4, 0.5) is 5.69 Å². The van der Waals surface area contributed by atoms with Gasteiger partial charge in [0.2, 0.25) is 0 Å². The Balaban J connectivity index is 2.86. The monoisotopic (exact) mass is 300 g/mol. The summed E-state index contributed by atoms with van der Waals surface area (Å²) in [5, 5.41) is 11.7. The molecular formula is C12H17BrN2O2. The van der Waals surface area contributed by atoms with E-state index < -0.39 is 5.54 Å². The molecule has 4 N–H and O–H groups in total. The number of carbonyl (C=O) groups excluding carboxylic acids is 1. The summed E-state index contributed by atoms with van der Waals surface area (Å²) >= 11 is 3.30. The van der Waals surface area contributed by atoms with Gasteiger partial charge in [-0.3, -0.25) is 4.79 Å². The van der Waals surface area contributed by atoms with Gasteiger partial charge in [-0.15, -0.1) is 0 Å². The van der Waals surface area contributed by atoms with Crippen molar-refractivity contribution in [3.05, 3.63) is 28.2 Å². The minimum atomic E-state index is -0.458. The minimum absolute atomic E-state index is 0.0290. The molecule has 0 radical (unpaired) electrons. The molecule has 0 heterocycles. The number of nitrogens with two attached hydrogens (primary N) is 1. The second-order valence-corrected chi connectivity index (χ2v) is 5.46. The Morgan fingerprint density at radius 2 is 2.18 bits per heavy atom. The van der Waals surface area contributed by atoms with E-state index in [9.17, 15) is 4.79 Å². The first-order chi connectivity index (χ1) is 7.85. The molecule has 4 nitrogen and oxygen atoms in total. The molecule has 0 fully saturated rings. The number of hydrogen-bond acceptors (Lipinski definition) is 3. The van der Waals surface area contributed by atoms with Gasteiger partial charge in [0.15, 0.2) is 0 Å². The Morgan fingerprint density at radius 1 is 1.53 bits per heavy atom. The number of amides is 1. The zero-order valence-electron chi connectivity index (χ0n) is 9.96. The molecule has 0 bridgehead atoms. The summed E-state index contributed by atoms with van der Waals surface area (Å²) < 4.78 is 0.803. The zero-order chi connectivity index (χ0) is 13.1. The predicted octanol–water partition coefficient (Wildman–Crippen LogP) is 1.92. The molecule has 1 rings (SSSR count). The number of nitrogen functional groups attached to an aromatic ring is 1. The molecule has 0 aromatic heterocycles. The number of carbonyl (C=O) groups is 1. The molecule has 0 unspecified atom stereocenters. The van der Waals surface area contributed by atoms with E-state index in [4.69, 9.17) is 10.8 Å². The highest BCUT2D eigenvalue weighted by Gasteiger charge is 2.21. The Hall–Kier alpha value is -1.07. The number of hydrogen-bond donors (Lipinski definition) is 3. The lowest BCUT2D eigenvalue weighted by molar-refractivity contribution is 0.0900.